The van der Waals surface area contributed by atoms with Crippen molar-refractivity contribution in [3.8, 4) is 0 Å². The van der Waals surface area contributed by atoms with Crippen LogP contribution in [-0.2, 0) is 14.1 Å². The highest BCUT2D eigenvalue weighted by Gasteiger charge is 2.10. The molecule has 0 unspecified atom stereocenters. The van der Waals surface area contributed by atoms with Gasteiger partial charge in [-0.1, -0.05) is 0 Å². The summed E-state index contributed by atoms with van der Waals surface area (Å²) >= 11 is 0. The Labute approximate surface area is 64.5 Å². The number of rotatable bonds is 6. The fourth-order valence-corrected chi connectivity index (χ4v) is 1.19. The summed E-state index contributed by atoms with van der Waals surface area (Å²) in [6, 6.07) is 0. The molecule has 2 N–H and O–H groups in total. The topological polar surface area (TPSA) is 83.8 Å². The minimum Gasteiger partial charge on any atom is -0.468 e. The van der Waals surface area contributed by atoms with E-state index in [0.717, 1.165) is 0 Å². The molecular formula is C5H11O5P. The first-order chi connectivity index (χ1) is 5.06. The molecule has 0 saturated heterocycles. The van der Waals surface area contributed by atoms with E-state index in [-0.39, 0.29) is 12.8 Å². The third-order valence-electron chi connectivity index (χ3n) is 1.03. The molecular weight excluding hydrogens is 171 g/mol. The Bertz CT molecular complexity index is 151. The van der Waals surface area contributed by atoms with Crippen molar-refractivity contribution >= 4 is 14.1 Å². The Morgan fingerprint density at radius 2 is 2.00 bits per heavy atom. The van der Waals surface area contributed by atoms with Gasteiger partial charge >= 0.3 is 7.60 Å². The summed E-state index contributed by atoms with van der Waals surface area (Å²) in [4.78, 5) is 26.3. The lowest BCUT2D eigenvalue weighted by atomic mass is 10.4. The maximum absolute atomic E-state index is 10.2. The molecule has 0 aliphatic carbocycles. The van der Waals surface area contributed by atoms with Crippen LogP contribution in [0.3, 0.4) is 0 Å². The molecule has 0 bridgehead atoms. The molecule has 0 aliphatic rings. The molecule has 0 atom stereocenters. The maximum atomic E-state index is 10.2. The average Bonchev–Trinajstić information content (AvgIpc) is 1.85. The Hall–Kier alpha value is -0.380. The SMILES string of the molecule is O=COCCCCP(=O)(O)O. The number of ether oxygens (including phenoxy) is 1. The fraction of sp³-hybridized carbons (Fsp3) is 0.800. The predicted molar refractivity (Wildman–Crippen MR) is 38.2 cm³/mol. The molecule has 0 aromatic carbocycles. The molecule has 0 rings (SSSR count). The summed E-state index contributed by atoms with van der Waals surface area (Å²) in [5.74, 6) is 0. The van der Waals surface area contributed by atoms with Gasteiger partial charge in [0.2, 0.25) is 0 Å². The Morgan fingerprint density at radius 3 is 2.45 bits per heavy atom. The maximum Gasteiger partial charge on any atom is 0.325 e. The standard InChI is InChI=1S/C5H11O5P/c6-5-10-3-1-2-4-11(7,8)9/h5H,1-4H2,(H2,7,8,9). The second kappa shape index (κ2) is 5.29. The van der Waals surface area contributed by atoms with Crippen LogP contribution in [0.25, 0.3) is 0 Å². The second-order valence-corrected chi connectivity index (χ2v) is 3.84. The van der Waals surface area contributed by atoms with Crippen LogP contribution in [0.2, 0.25) is 0 Å². The highest BCUT2D eigenvalue weighted by molar-refractivity contribution is 7.51. The van der Waals surface area contributed by atoms with Gasteiger partial charge in [-0.3, -0.25) is 9.36 Å². The van der Waals surface area contributed by atoms with Gasteiger partial charge in [0, 0.05) is 6.16 Å². The second-order valence-electron chi connectivity index (χ2n) is 2.06. The highest BCUT2D eigenvalue weighted by Crippen LogP contribution is 2.35. The number of carbonyl (C=O) groups excluding carboxylic acids is 1. The van der Waals surface area contributed by atoms with Gasteiger partial charge in [0.25, 0.3) is 6.47 Å². The van der Waals surface area contributed by atoms with E-state index >= 15 is 0 Å². The van der Waals surface area contributed by atoms with E-state index in [1.807, 2.05) is 0 Å². The van der Waals surface area contributed by atoms with Gasteiger partial charge in [0.05, 0.1) is 6.61 Å². The minimum atomic E-state index is -3.86. The largest absolute Gasteiger partial charge is 0.468 e. The molecule has 0 saturated carbocycles. The molecule has 5 nitrogen and oxygen atoms in total. The van der Waals surface area contributed by atoms with Crippen molar-refractivity contribution in [2.75, 3.05) is 12.8 Å². The molecule has 66 valence electrons. The van der Waals surface area contributed by atoms with Crippen LogP contribution < -0.4 is 0 Å². The van der Waals surface area contributed by atoms with Crippen molar-refractivity contribution in [2.45, 2.75) is 12.8 Å². The smallest absolute Gasteiger partial charge is 0.325 e. The Kier molecular flexibility index (Phi) is 5.11. The van der Waals surface area contributed by atoms with E-state index in [4.69, 9.17) is 9.79 Å². The van der Waals surface area contributed by atoms with Crippen LogP contribution in [0, 0.1) is 0 Å². The fourth-order valence-electron chi connectivity index (χ4n) is 0.551. The van der Waals surface area contributed by atoms with Crippen molar-refractivity contribution in [3.63, 3.8) is 0 Å². The zero-order valence-electron chi connectivity index (χ0n) is 5.97. The van der Waals surface area contributed by atoms with Gasteiger partial charge in [-0.2, -0.15) is 0 Å². The normalized spacial score (nSPS) is 11.1. The summed E-state index contributed by atoms with van der Waals surface area (Å²) in [6.45, 7) is 0.543. The molecule has 6 heteroatoms. The van der Waals surface area contributed by atoms with Crippen LogP contribution in [0.15, 0.2) is 0 Å². The number of hydrogen-bond donors (Lipinski definition) is 2. The zero-order valence-corrected chi connectivity index (χ0v) is 6.87. The van der Waals surface area contributed by atoms with Gasteiger partial charge in [-0.05, 0) is 12.8 Å². The van der Waals surface area contributed by atoms with Crippen LogP contribution >= 0.6 is 7.60 Å². The molecule has 0 aromatic heterocycles. The summed E-state index contributed by atoms with van der Waals surface area (Å²) < 4.78 is 14.6. The molecule has 0 aromatic rings. The number of unbranched alkanes of at least 4 members (excludes halogenated alkanes) is 1. The van der Waals surface area contributed by atoms with Crippen molar-refractivity contribution in [2.24, 2.45) is 0 Å². The lowest BCUT2D eigenvalue weighted by molar-refractivity contribution is -0.128. The third-order valence-corrected chi connectivity index (χ3v) is 1.93. The van der Waals surface area contributed by atoms with Crippen molar-refractivity contribution in [3.05, 3.63) is 0 Å². The van der Waals surface area contributed by atoms with Gasteiger partial charge in [-0.25, -0.2) is 0 Å². The summed E-state index contributed by atoms with van der Waals surface area (Å²) in [6.07, 6.45) is 0.719. The lowest BCUT2D eigenvalue weighted by Crippen LogP contribution is -1.94. The predicted octanol–water partition coefficient (Wildman–Crippen LogP) is 0.117. The summed E-state index contributed by atoms with van der Waals surface area (Å²) in [7, 11) is -3.86. The average molecular weight is 182 g/mol. The lowest BCUT2D eigenvalue weighted by Gasteiger charge is -2.01. The van der Waals surface area contributed by atoms with E-state index in [0.29, 0.717) is 19.3 Å². The van der Waals surface area contributed by atoms with Crippen LogP contribution in [0.4, 0.5) is 0 Å². The quantitative estimate of drug-likeness (QED) is 0.346. The molecule has 11 heavy (non-hydrogen) atoms. The Morgan fingerprint density at radius 1 is 1.36 bits per heavy atom. The van der Waals surface area contributed by atoms with Crippen molar-refractivity contribution in [1.82, 2.24) is 0 Å². The molecule has 0 aliphatic heterocycles. The van der Waals surface area contributed by atoms with Gasteiger partial charge in [0.1, 0.15) is 0 Å². The molecule has 0 fully saturated rings. The summed E-state index contributed by atoms with van der Waals surface area (Å²) in [5, 5.41) is 0. The third kappa shape index (κ3) is 9.62. The first-order valence-electron chi connectivity index (χ1n) is 3.16. The van der Waals surface area contributed by atoms with Crippen LogP contribution in [0.1, 0.15) is 12.8 Å². The first-order valence-corrected chi connectivity index (χ1v) is 4.96. The van der Waals surface area contributed by atoms with Gasteiger partial charge in [-0.15, -0.1) is 0 Å². The van der Waals surface area contributed by atoms with Crippen molar-refractivity contribution in [1.29, 1.82) is 0 Å². The van der Waals surface area contributed by atoms with Crippen LogP contribution in [-0.4, -0.2) is 29.0 Å². The minimum absolute atomic E-state index is 0.144. The highest BCUT2D eigenvalue weighted by atomic mass is 31.2. The zero-order chi connectivity index (χ0) is 8.74. The molecule has 0 heterocycles. The van der Waals surface area contributed by atoms with E-state index in [1.54, 1.807) is 0 Å². The first kappa shape index (κ1) is 10.6. The molecule has 0 radical (unpaired) electrons. The van der Waals surface area contributed by atoms with E-state index in [9.17, 15) is 9.36 Å². The monoisotopic (exact) mass is 182 g/mol. The van der Waals surface area contributed by atoms with E-state index in [2.05, 4.69) is 4.74 Å². The van der Waals surface area contributed by atoms with Crippen molar-refractivity contribution < 1.29 is 23.9 Å². The van der Waals surface area contributed by atoms with E-state index in [1.165, 1.54) is 0 Å². The molecule has 0 spiro atoms. The Balaban J connectivity index is 3.15. The number of carbonyl (C=O) groups is 1. The molecule has 0 amide bonds. The summed E-state index contributed by atoms with van der Waals surface area (Å²) in [5.41, 5.74) is 0. The number of hydrogen-bond acceptors (Lipinski definition) is 3. The van der Waals surface area contributed by atoms with Gasteiger partial charge < -0.3 is 14.5 Å². The van der Waals surface area contributed by atoms with Gasteiger partial charge in [0.15, 0.2) is 0 Å². The van der Waals surface area contributed by atoms with E-state index < -0.39 is 7.60 Å². The van der Waals surface area contributed by atoms with Crippen LogP contribution in [0.5, 0.6) is 0 Å².